The van der Waals surface area contributed by atoms with Gasteiger partial charge in [-0.2, -0.15) is 0 Å². The predicted molar refractivity (Wildman–Crippen MR) is 97.3 cm³/mol. The molecule has 0 saturated carbocycles. The number of hydrogen-bond donors (Lipinski definition) is 1. The van der Waals surface area contributed by atoms with Crippen LogP contribution < -0.4 is 10.1 Å². The average Bonchev–Trinajstić information content (AvgIpc) is 3.18. The zero-order chi connectivity index (χ0) is 15.5. The molecule has 1 N–H and O–H groups in total. The van der Waals surface area contributed by atoms with Crippen LogP contribution in [0, 0.1) is 0 Å². The standard InChI is InChI=1S/C17H23BrN2O2.ClH/c1-22-16-7-6-12(18)10-14(16)15-5-3-9-20(15)17(21)11-13-4-2-8-19-13;/h6-7,10,13,15,19H,2-5,8-9,11H2,1H3;1H. The van der Waals surface area contributed by atoms with E-state index in [1.54, 1.807) is 7.11 Å². The zero-order valence-electron chi connectivity index (χ0n) is 13.4. The molecule has 23 heavy (non-hydrogen) atoms. The summed E-state index contributed by atoms with van der Waals surface area (Å²) in [7, 11) is 1.69. The van der Waals surface area contributed by atoms with Crippen molar-refractivity contribution in [2.75, 3.05) is 20.2 Å². The number of methoxy groups -OCH3 is 1. The van der Waals surface area contributed by atoms with Gasteiger partial charge in [-0.15, -0.1) is 12.4 Å². The van der Waals surface area contributed by atoms with Crippen LogP contribution in [0.2, 0.25) is 0 Å². The van der Waals surface area contributed by atoms with Gasteiger partial charge in [-0.3, -0.25) is 4.79 Å². The molecule has 2 aliphatic heterocycles. The van der Waals surface area contributed by atoms with Crippen LogP contribution in [0.4, 0.5) is 0 Å². The molecule has 3 rings (SSSR count). The lowest BCUT2D eigenvalue weighted by Crippen LogP contribution is -2.35. The summed E-state index contributed by atoms with van der Waals surface area (Å²) in [4.78, 5) is 14.7. The third kappa shape index (κ3) is 4.20. The number of carbonyl (C=O) groups is 1. The van der Waals surface area contributed by atoms with Crippen molar-refractivity contribution < 1.29 is 9.53 Å². The number of carbonyl (C=O) groups excluding carboxylic acids is 1. The van der Waals surface area contributed by atoms with Crippen LogP contribution in [0.5, 0.6) is 5.75 Å². The molecule has 128 valence electrons. The van der Waals surface area contributed by atoms with E-state index in [4.69, 9.17) is 4.74 Å². The van der Waals surface area contributed by atoms with E-state index >= 15 is 0 Å². The Morgan fingerprint density at radius 2 is 2.22 bits per heavy atom. The Labute approximate surface area is 152 Å². The summed E-state index contributed by atoms with van der Waals surface area (Å²) in [6, 6.07) is 6.53. The molecular weight excluding hydrogens is 380 g/mol. The lowest BCUT2D eigenvalue weighted by molar-refractivity contribution is -0.132. The molecule has 0 bridgehead atoms. The maximum Gasteiger partial charge on any atom is 0.224 e. The van der Waals surface area contributed by atoms with Gasteiger partial charge in [0.1, 0.15) is 5.75 Å². The molecule has 2 aliphatic rings. The average molecular weight is 404 g/mol. The number of rotatable bonds is 4. The van der Waals surface area contributed by atoms with Gasteiger partial charge in [0.15, 0.2) is 0 Å². The molecule has 4 nitrogen and oxygen atoms in total. The van der Waals surface area contributed by atoms with Crippen molar-refractivity contribution in [3.05, 3.63) is 28.2 Å². The lowest BCUT2D eigenvalue weighted by atomic mass is 10.0. The molecule has 1 aromatic rings. The van der Waals surface area contributed by atoms with Crippen LogP contribution in [0.3, 0.4) is 0 Å². The molecule has 6 heteroatoms. The van der Waals surface area contributed by atoms with Gasteiger partial charge in [0.25, 0.3) is 0 Å². The van der Waals surface area contributed by atoms with Gasteiger partial charge < -0.3 is 15.0 Å². The van der Waals surface area contributed by atoms with Crippen molar-refractivity contribution in [1.29, 1.82) is 0 Å². The summed E-state index contributed by atoms with van der Waals surface area (Å²) >= 11 is 3.53. The quantitative estimate of drug-likeness (QED) is 0.834. The first-order valence-corrected chi connectivity index (χ1v) is 8.84. The Balaban J connectivity index is 0.00000192. The van der Waals surface area contributed by atoms with Gasteiger partial charge in [0, 0.05) is 29.0 Å². The summed E-state index contributed by atoms with van der Waals surface area (Å²) < 4.78 is 6.53. The second-order valence-corrected chi connectivity index (χ2v) is 7.04. The summed E-state index contributed by atoms with van der Waals surface area (Å²) in [6.07, 6.45) is 4.99. The Kier molecular flexibility index (Phi) is 6.74. The summed E-state index contributed by atoms with van der Waals surface area (Å²) in [5.74, 6) is 1.14. The molecule has 0 aliphatic carbocycles. The second kappa shape index (κ2) is 8.36. The molecule has 0 aromatic heterocycles. The molecule has 2 atom stereocenters. The number of ether oxygens (including phenoxy) is 1. The van der Waals surface area contributed by atoms with Gasteiger partial charge in [0.05, 0.1) is 13.2 Å². The number of nitrogens with one attached hydrogen (secondary N) is 1. The third-order valence-electron chi connectivity index (χ3n) is 4.71. The number of benzene rings is 1. The third-order valence-corrected chi connectivity index (χ3v) is 5.20. The predicted octanol–water partition coefficient (Wildman–Crippen LogP) is 3.69. The van der Waals surface area contributed by atoms with Crippen molar-refractivity contribution in [1.82, 2.24) is 10.2 Å². The topological polar surface area (TPSA) is 41.6 Å². The van der Waals surface area contributed by atoms with E-state index < -0.39 is 0 Å². The first kappa shape index (κ1) is 18.6. The lowest BCUT2D eigenvalue weighted by Gasteiger charge is -2.27. The maximum atomic E-state index is 12.7. The van der Waals surface area contributed by atoms with Crippen molar-refractivity contribution in [3.8, 4) is 5.75 Å². The molecule has 2 saturated heterocycles. The van der Waals surface area contributed by atoms with E-state index in [9.17, 15) is 4.79 Å². The molecule has 2 fully saturated rings. The van der Waals surface area contributed by atoms with Crippen LogP contribution in [0.1, 0.15) is 43.7 Å². The molecule has 2 unspecified atom stereocenters. The first-order chi connectivity index (χ1) is 10.7. The van der Waals surface area contributed by atoms with E-state index in [2.05, 4.69) is 27.3 Å². The largest absolute Gasteiger partial charge is 0.496 e. The summed E-state index contributed by atoms with van der Waals surface area (Å²) in [5.41, 5.74) is 1.11. The maximum absolute atomic E-state index is 12.7. The fourth-order valence-electron chi connectivity index (χ4n) is 3.61. The van der Waals surface area contributed by atoms with Crippen LogP contribution in [-0.2, 0) is 4.79 Å². The molecule has 0 radical (unpaired) electrons. The highest BCUT2D eigenvalue weighted by Gasteiger charge is 2.33. The van der Waals surface area contributed by atoms with E-state index in [-0.39, 0.29) is 24.4 Å². The van der Waals surface area contributed by atoms with Gasteiger partial charge in [-0.1, -0.05) is 15.9 Å². The Morgan fingerprint density at radius 1 is 1.39 bits per heavy atom. The highest BCUT2D eigenvalue weighted by molar-refractivity contribution is 9.10. The van der Waals surface area contributed by atoms with E-state index in [0.29, 0.717) is 12.5 Å². The van der Waals surface area contributed by atoms with E-state index in [0.717, 1.165) is 48.1 Å². The number of halogens is 2. The normalized spacial score (nSPS) is 23.7. The number of nitrogens with zero attached hydrogens (tertiary/aromatic N) is 1. The minimum Gasteiger partial charge on any atom is -0.496 e. The van der Waals surface area contributed by atoms with Crippen LogP contribution in [-0.4, -0.2) is 37.0 Å². The van der Waals surface area contributed by atoms with Gasteiger partial charge in [-0.25, -0.2) is 0 Å². The molecular formula is C17H24BrClN2O2. The van der Waals surface area contributed by atoms with Gasteiger partial charge in [0.2, 0.25) is 5.91 Å². The van der Waals surface area contributed by atoms with Crippen molar-refractivity contribution in [3.63, 3.8) is 0 Å². The smallest absolute Gasteiger partial charge is 0.224 e. The summed E-state index contributed by atoms with van der Waals surface area (Å²) in [6.45, 7) is 1.90. The fourth-order valence-corrected chi connectivity index (χ4v) is 3.99. The van der Waals surface area contributed by atoms with Crippen molar-refractivity contribution in [2.24, 2.45) is 0 Å². The van der Waals surface area contributed by atoms with Crippen LogP contribution >= 0.6 is 28.3 Å². The molecule has 1 amide bonds. The fraction of sp³-hybridized carbons (Fsp3) is 0.588. The van der Waals surface area contributed by atoms with Crippen LogP contribution in [0.15, 0.2) is 22.7 Å². The Hall–Kier alpha value is -0.780. The monoisotopic (exact) mass is 402 g/mol. The highest BCUT2D eigenvalue weighted by Crippen LogP contribution is 2.38. The highest BCUT2D eigenvalue weighted by atomic mass is 79.9. The SMILES string of the molecule is COc1ccc(Br)cc1C1CCCN1C(=O)CC1CCCN1.Cl. The van der Waals surface area contributed by atoms with Crippen LogP contribution in [0.25, 0.3) is 0 Å². The molecule has 2 heterocycles. The van der Waals surface area contributed by atoms with E-state index in [1.165, 1.54) is 6.42 Å². The second-order valence-electron chi connectivity index (χ2n) is 6.13. The molecule has 0 spiro atoms. The summed E-state index contributed by atoms with van der Waals surface area (Å²) in [5, 5.41) is 3.42. The van der Waals surface area contributed by atoms with Crippen molar-refractivity contribution in [2.45, 2.75) is 44.2 Å². The van der Waals surface area contributed by atoms with Gasteiger partial charge in [-0.05, 0) is 50.4 Å². The first-order valence-electron chi connectivity index (χ1n) is 8.05. The number of likely N-dealkylation sites (tertiary alicyclic amines) is 1. The zero-order valence-corrected chi connectivity index (χ0v) is 15.8. The minimum absolute atomic E-state index is 0. The molecule has 1 aromatic carbocycles. The number of hydrogen-bond acceptors (Lipinski definition) is 3. The Bertz CT molecular complexity index is 549. The minimum atomic E-state index is 0. The Morgan fingerprint density at radius 3 is 2.91 bits per heavy atom. The van der Waals surface area contributed by atoms with E-state index in [1.807, 2.05) is 17.0 Å². The number of amides is 1. The van der Waals surface area contributed by atoms with Crippen molar-refractivity contribution >= 4 is 34.2 Å². The van der Waals surface area contributed by atoms with Gasteiger partial charge >= 0.3 is 0 Å².